The lowest BCUT2D eigenvalue weighted by molar-refractivity contribution is -0.123. The van der Waals surface area contributed by atoms with Gasteiger partial charge >= 0.3 is 18.6 Å². The van der Waals surface area contributed by atoms with Gasteiger partial charge in [-0.25, -0.2) is 9.59 Å². The number of carbonyl (C=O) groups excluding carboxylic acids is 3. The van der Waals surface area contributed by atoms with Crippen LogP contribution in [0.25, 0.3) is 0 Å². The van der Waals surface area contributed by atoms with Crippen molar-refractivity contribution in [2.75, 3.05) is 6.61 Å². The number of alkyl halides is 2. The molecule has 0 fully saturated rings. The Bertz CT molecular complexity index is 799. The van der Waals surface area contributed by atoms with Crippen LogP contribution >= 0.6 is 0 Å². The van der Waals surface area contributed by atoms with Gasteiger partial charge < -0.3 is 14.8 Å². The molecular formula is C18H16F2N2O5. The summed E-state index contributed by atoms with van der Waals surface area (Å²) in [6.45, 7) is -3.67. The fourth-order valence-corrected chi connectivity index (χ4v) is 2.03. The first kappa shape index (κ1) is 19.8. The minimum absolute atomic E-state index is 0.206. The molecule has 0 saturated heterocycles. The van der Waals surface area contributed by atoms with Gasteiger partial charge in [0.2, 0.25) is 0 Å². The highest BCUT2D eigenvalue weighted by atomic mass is 19.3. The zero-order valence-corrected chi connectivity index (χ0v) is 14.0. The van der Waals surface area contributed by atoms with Crippen molar-refractivity contribution in [2.24, 2.45) is 0 Å². The first-order valence-corrected chi connectivity index (χ1v) is 7.78. The Hall–Kier alpha value is -3.49. The monoisotopic (exact) mass is 378 g/mol. The molecule has 0 heterocycles. The SMILES string of the molecule is O=C(COC(=O)c1ccccc1OC(F)F)NC(=O)NCc1ccccc1. The fraction of sp³-hybridized carbons (Fsp3) is 0.167. The fourth-order valence-electron chi connectivity index (χ4n) is 2.03. The molecule has 3 amide bonds. The molecule has 0 saturated carbocycles. The van der Waals surface area contributed by atoms with Gasteiger partial charge in [-0.3, -0.25) is 10.1 Å². The quantitative estimate of drug-likeness (QED) is 0.722. The summed E-state index contributed by atoms with van der Waals surface area (Å²) in [5.41, 5.74) is 0.571. The number of imide groups is 1. The molecule has 0 radical (unpaired) electrons. The van der Waals surface area contributed by atoms with E-state index in [1.54, 1.807) is 24.3 Å². The molecule has 2 aromatic rings. The number of hydrogen-bond acceptors (Lipinski definition) is 5. The van der Waals surface area contributed by atoms with E-state index in [-0.39, 0.29) is 17.9 Å². The van der Waals surface area contributed by atoms with Gasteiger partial charge in [0.05, 0.1) is 0 Å². The third kappa shape index (κ3) is 6.73. The highest BCUT2D eigenvalue weighted by Crippen LogP contribution is 2.20. The van der Waals surface area contributed by atoms with Crippen molar-refractivity contribution in [2.45, 2.75) is 13.2 Å². The van der Waals surface area contributed by atoms with Gasteiger partial charge in [0.15, 0.2) is 6.61 Å². The Labute approximate surface area is 153 Å². The van der Waals surface area contributed by atoms with E-state index in [4.69, 9.17) is 4.74 Å². The summed E-state index contributed by atoms with van der Waals surface area (Å²) < 4.78 is 33.6. The maximum atomic E-state index is 12.3. The average molecular weight is 378 g/mol. The van der Waals surface area contributed by atoms with Crippen molar-refractivity contribution >= 4 is 17.9 Å². The van der Waals surface area contributed by atoms with E-state index < -0.39 is 31.1 Å². The van der Waals surface area contributed by atoms with Gasteiger partial charge in [-0.15, -0.1) is 0 Å². The zero-order chi connectivity index (χ0) is 19.6. The van der Waals surface area contributed by atoms with Crippen LogP contribution in [0.2, 0.25) is 0 Å². The zero-order valence-electron chi connectivity index (χ0n) is 14.0. The number of esters is 1. The van der Waals surface area contributed by atoms with Gasteiger partial charge in [-0.1, -0.05) is 42.5 Å². The van der Waals surface area contributed by atoms with Crippen molar-refractivity contribution in [3.63, 3.8) is 0 Å². The molecule has 2 aromatic carbocycles. The molecule has 0 spiro atoms. The molecule has 0 aliphatic rings. The summed E-state index contributed by atoms with van der Waals surface area (Å²) in [4.78, 5) is 35.2. The normalized spacial score (nSPS) is 10.2. The third-order valence-electron chi connectivity index (χ3n) is 3.21. The van der Waals surface area contributed by atoms with E-state index >= 15 is 0 Å². The number of amides is 3. The molecule has 2 N–H and O–H groups in total. The third-order valence-corrected chi connectivity index (χ3v) is 3.21. The molecule has 0 aliphatic carbocycles. The number of halogens is 2. The molecule has 0 bridgehead atoms. The van der Waals surface area contributed by atoms with E-state index in [9.17, 15) is 23.2 Å². The number of nitrogens with one attached hydrogen (secondary N) is 2. The molecule has 0 unspecified atom stereocenters. The smallest absolute Gasteiger partial charge is 0.387 e. The van der Waals surface area contributed by atoms with Crippen molar-refractivity contribution in [1.82, 2.24) is 10.6 Å². The average Bonchev–Trinajstić information content (AvgIpc) is 2.65. The van der Waals surface area contributed by atoms with Crippen LogP contribution in [0.15, 0.2) is 54.6 Å². The highest BCUT2D eigenvalue weighted by Gasteiger charge is 2.18. The number of benzene rings is 2. The van der Waals surface area contributed by atoms with Gasteiger partial charge in [-0.2, -0.15) is 8.78 Å². The summed E-state index contributed by atoms with van der Waals surface area (Å²) in [7, 11) is 0. The van der Waals surface area contributed by atoms with Crippen LogP contribution in [0.5, 0.6) is 5.75 Å². The molecule has 9 heteroatoms. The first-order valence-electron chi connectivity index (χ1n) is 7.78. The van der Waals surface area contributed by atoms with E-state index in [1.165, 1.54) is 24.3 Å². The standard InChI is InChI=1S/C18H16F2N2O5/c19-17(20)27-14-9-5-4-8-13(14)16(24)26-11-15(23)22-18(25)21-10-12-6-2-1-3-7-12/h1-9,17H,10-11H2,(H2,21,22,23,25). The van der Waals surface area contributed by atoms with Crippen molar-refractivity contribution in [1.29, 1.82) is 0 Å². The number of urea groups is 1. The molecule has 0 aliphatic heterocycles. The van der Waals surface area contributed by atoms with Gasteiger partial charge in [0.1, 0.15) is 11.3 Å². The maximum absolute atomic E-state index is 12.3. The van der Waals surface area contributed by atoms with Crippen molar-refractivity contribution in [3.8, 4) is 5.75 Å². The number of ether oxygens (including phenoxy) is 2. The van der Waals surface area contributed by atoms with Crippen LogP contribution in [0.1, 0.15) is 15.9 Å². The summed E-state index contributed by atoms with van der Waals surface area (Å²) in [5.74, 6) is -2.29. The Morgan fingerprint density at radius 1 is 0.963 bits per heavy atom. The number of rotatable bonds is 7. The highest BCUT2D eigenvalue weighted by molar-refractivity contribution is 5.97. The van der Waals surface area contributed by atoms with Crippen LogP contribution in [0.3, 0.4) is 0 Å². The number of para-hydroxylation sites is 1. The predicted molar refractivity (Wildman–Crippen MR) is 90.2 cm³/mol. The molecular weight excluding hydrogens is 362 g/mol. The van der Waals surface area contributed by atoms with Crippen LogP contribution in [0.4, 0.5) is 13.6 Å². The molecule has 2 rings (SSSR count). The van der Waals surface area contributed by atoms with E-state index in [2.05, 4.69) is 10.1 Å². The Balaban J connectivity index is 1.79. The minimum atomic E-state index is -3.12. The summed E-state index contributed by atoms with van der Waals surface area (Å²) >= 11 is 0. The first-order chi connectivity index (χ1) is 13.0. The van der Waals surface area contributed by atoms with Crippen LogP contribution < -0.4 is 15.4 Å². The second kappa shape index (κ2) is 9.85. The molecule has 27 heavy (non-hydrogen) atoms. The predicted octanol–water partition coefficient (Wildman–Crippen LogP) is 2.47. The molecule has 7 nitrogen and oxygen atoms in total. The number of carbonyl (C=O) groups is 3. The minimum Gasteiger partial charge on any atom is -0.452 e. The summed E-state index contributed by atoms with van der Waals surface area (Å²) in [6.07, 6.45) is 0. The maximum Gasteiger partial charge on any atom is 0.387 e. The second-order valence-corrected chi connectivity index (χ2v) is 5.17. The lowest BCUT2D eigenvalue weighted by atomic mass is 10.2. The Morgan fingerprint density at radius 2 is 1.63 bits per heavy atom. The van der Waals surface area contributed by atoms with Crippen LogP contribution in [-0.4, -0.2) is 31.1 Å². The Kier molecular flexibility index (Phi) is 7.24. The van der Waals surface area contributed by atoms with Crippen molar-refractivity contribution in [3.05, 3.63) is 65.7 Å². The lowest BCUT2D eigenvalue weighted by Crippen LogP contribution is -2.41. The number of hydrogen-bond donors (Lipinski definition) is 2. The lowest BCUT2D eigenvalue weighted by Gasteiger charge is -2.10. The van der Waals surface area contributed by atoms with E-state index in [0.29, 0.717) is 0 Å². The van der Waals surface area contributed by atoms with Crippen LogP contribution in [-0.2, 0) is 16.1 Å². The Morgan fingerprint density at radius 3 is 2.33 bits per heavy atom. The topological polar surface area (TPSA) is 93.7 Å². The molecule has 0 aromatic heterocycles. The van der Waals surface area contributed by atoms with Gasteiger partial charge in [0, 0.05) is 6.54 Å². The largest absolute Gasteiger partial charge is 0.452 e. The summed E-state index contributed by atoms with van der Waals surface area (Å²) in [5, 5.41) is 4.45. The van der Waals surface area contributed by atoms with Gasteiger partial charge in [0.25, 0.3) is 5.91 Å². The second-order valence-electron chi connectivity index (χ2n) is 5.17. The van der Waals surface area contributed by atoms with E-state index in [1.807, 2.05) is 11.4 Å². The van der Waals surface area contributed by atoms with Crippen molar-refractivity contribution < 1.29 is 32.6 Å². The molecule has 0 atom stereocenters. The molecule has 142 valence electrons. The van der Waals surface area contributed by atoms with E-state index in [0.717, 1.165) is 5.56 Å². The van der Waals surface area contributed by atoms with Gasteiger partial charge in [-0.05, 0) is 17.7 Å². The summed E-state index contributed by atoms with van der Waals surface area (Å²) in [6, 6.07) is 13.5. The van der Waals surface area contributed by atoms with Crippen LogP contribution in [0, 0.1) is 0 Å².